The highest BCUT2D eigenvalue weighted by Crippen LogP contribution is 2.56. The highest BCUT2D eigenvalue weighted by molar-refractivity contribution is 5.47. The highest BCUT2D eigenvalue weighted by atomic mass is 16.3. The van der Waals surface area contributed by atoms with E-state index >= 15 is 0 Å². The Balaban J connectivity index is 1.24. The molecule has 0 radical (unpaired) electrons. The Bertz CT molecular complexity index is 633. The second kappa shape index (κ2) is 5.36. The summed E-state index contributed by atoms with van der Waals surface area (Å²) in [5.74, 6) is 3.67. The minimum Gasteiger partial charge on any atom is -0.507 e. The minimum atomic E-state index is 0.394. The molecular formula is C18H24N2O. The summed E-state index contributed by atoms with van der Waals surface area (Å²) >= 11 is 0. The fraction of sp³-hybridized carbons (Fsp3) is 0.611. The molecule has 2 aromatic heterocycles. The minimum absolute atomic E-state index is 0.394. The maximum absolute atomic E-state index is 10.0. The molecule has 2 aromatic rings. The number of aryl methyl sites for hydroxylation is 1. The van der Waals surface area contributed by atoms with Crippen LogP contribution < -0.4 is 0 Å². The third kappa shape index (κ3) is 2.66. The number of nitrogens with zero attached hydrogens (tertiary/aromatic N) is 2. The molecule has 2 unspecified atom stereocenters. The van der Waals surface area contributed by atoms with E-state index in [1.807, 2.05) is 16.8 Å². The van der Waals surface area contributed by atoms with E-state index in [0.29, 0.717) is 5.75 Å². The SMILES string of the molecule is Oc1cc2nccn2cc1CCCCC[C@H]1CCC2CC21. The van der Waals surface area contributed by atoms with Crippen molar-refractivity contribution in [3.8, 4) is 5.75 Å². The Hall–Kier alpha value is -1.51. The van der Waals surface area contributed by atoms with Gasteiger partial charge in [0, 0.05) is 30.2 Å². The average molecular weight is 284 g/mol. The van der Waals surface area contributed by atoms with Gasteiger partial charge in [-0.15, -0.1) is 0 Å². The van der Waals surface area contributed by atoms with E-state index in [9.17, 15) is 5.11 Å². The summed E-state index contributed by atoms with van der Waals surface area (Å²) in [6, 6.07) is 1.76. The Morgan fingerprint density at radius 3 is 3.00 bits per heavy atom. The van der Waals surface area contributed by atoms with E-state index in [2.05, 4.69) is 4.98 Å². The van der Waals surface area contributed by atoms with Crippen LogP contribution in [0.3, 0.4) is 0 Å². The maximum Gasteiger partial charge on any atom is 0.140 e. The molecule has 2 aliphatic carbocycles. The van der Waals surface area contributed by atoms with Crippen LogP contribution in [0, 0.1) is 17.8 Å². The van der Waals surface area contributed by atoms with Crippen molar-refractivity contribution in [2.75, 3.05) is 0 Å². The van der Waals surface area contributed by atoms with Crippen molar-refractivity contribution >= 4 is 5.65 Å². The Morgan fingerprint density at radius 2 is 2.19 bits per heavy atom. The van der Waals surface area contributed by atoms with E-state index in [-0.39, 0.29) is 0 Å². The maximum atomic E-state index is 10.0. The van der Waals surface area contributed by atoms with Crippen LogP contribution in [0.4, 0.5) is 0 Å². The van der Waals surface area contributed by atoms with Gasteiger partial charge in [-0.05, 0) is 49.9 Å². The second-order valence-corrected chi connectivity index (χ2v) is 6.97. The molecule has 0 bridgehead atoms. The first-order chi connectivity index (χ1) is 10.3. The second-order valence-electron chi connectivity index (χ2n) is 6.97. The number of hydrogen-bond donors (Lipinski definition) is 1. The molecule has 3 heteroatoms. The average Bonchev–Trinajstić information content (AvgIpc) is 2.93. The first kappa shape index (κ1) is 13.2. The van der Waals surface area contributed by atoms with Crippen LogP contribution in [0.1, 0.15) is 50.5 Å². The molecule has 0 saturated heterocycles. The van der Waals surface area contributed by atoms with Crippen molar-refractivity contribution in [1.29, 1.82) is 0 Å². The van der Waals surface area contributed by atoms with E-state index in [4.69, 9.17) is 0 Å². The smallest absolute Gasteiger partial charge is 0.140 e. The molecule has 21 heavy (non-hydrogen) atoms. The molecule has 4 rings (SSSR count). The van der Waals surface area contributed by atoms with Crippen molar-refractivity contribution in [3.05, 3.63) is 30.2 Å². The molecule has 1 N–H and O–H groups in total. The van der Waals surface area contributed by atoms with E-state index in [1.165, 1.54) is 44.9 Å². The van der Waals surface area contributed by atoms with E-state index < -0.39 is 0 Å². The molecule has 3 atom stereocenters. The molecule has 2 heterocycles. The predicted octanol–water partition coefficient (Wildman–Crippen LogP) is 4.19. The predicted molar refractivity (Wildman–Crippen MR) is 83.3 cm³/mol. The molecule has 112 valence electrons. The van der Waals surface area contributed by atoms with Gasteiger partial charge in [0.05, 0.1) is 0 Å². The molecule has 0 spiro atoms. The first-order valence-electron chi connectivity index (χ1n) is 8.46. The van der Waals surface area contributed by atoms with Crippen molar-refractivity contribution in [2.45, 2.75) is 51.4 Å². The van der Waals surface area contributed by atoms with Gasteiger partial charge in [-0.1, -0.05) is 19.3 Å². The van der Waals surface area contributed by atoms with Gasteiger partial charge in [0.25, 0.3) is 0 Å². The van der Waals surface area contributed by atoms with Crippen LogP contribution >= 0.6 is 0 Å². The van der Waals surface area contributed by atoms with Gasteiger partial charge in [-0.25, -0.2) is 4.98 Å². The van der Waals surface area contributed by atoms with Crippen LogP contribution in [-0.4, -0.2) is 14.5 Å². The zero-order valence-electron chi connectivity index (χ0n) is 12.5. The van der Waals surface area contributed by atoms with E-state index in [0.717, 1.165) is 35.4 Å². The summed E-state index contributed by atoms with van der Waals surface area (Å²) in [5, 5.41) is 10.0. The van der Waals surface area contributed by atoms with Gasteiger partial charge in [0.2, 0.25) is 0 Å². The lowest BCUT2D eigenvalue weighted by molar-refractivity contribution is 0.419. The number of aromatic nitrogens is 2. The van der Waals surface area contributed by atoms with Crippen molar-refractivity contribution in [1.82, 2.24) is 9.38 Å². The van der Waals surface area contributed by atoms with Gasteiger partial charge in [0.15, 0.2) is 0 Å². The largest absolute Gasteiger partial charge is 0.507 e. The van der Waals surface area contributed by atoms with Gasteiger partial charge in [-0.2, -0.15) is 0 Å². The van der Waals surface area contributed by atoms with Gasteiger partial charge < -0.3 is 9.51 Å². The van der Waals surface area contributed by atoms with Crippen LogP contribution in [0.25, 0.3) is 5.65 Å². The van der Waals surface area contributed by atoms with Crippen LogP contribution in [0.2, 0.25) is 0 Å². The standard InChI is InChI=1S/C18H24N2O/c21-17-11-18-19-8-9-20(18)12-15(17)5-3-1-2-4-13-6-7-14-10-16(13)14/h8-9,11-14,16,21H,1-7,10H2/t13-,14?,16?/m0/s1. The van der Waals surface area contributed by atoms with Crippen LogP contribution in [0.15, 0.2) is 24.7 Å². The monoisotopic (exact) mass is 284 g/mol. The lowest BCUT2D eigenvalue weighted by atomic mass is 9.95. The van der Waals surface area contributed by atoms with Crippen LogP contribution in [0.5, 0.6) is 5.75 Å². The number of fused-ring (bicyclic) bond motifs is 2. The van der Waals surface area contributed by atoms with E-state index in [1.54, 1.807) is 12.3 Å². The topological polar surface area (TPSA) is 37.5 Å². The summed E-state index contributed by atoms with van der Waals surface area (Å²) in [7, 11) is 0. The first-order valence-corrected chi connectivity index (χ1v) is 8.46. The third-order valence-electron chi connectivity index (χ3n) is 5.60. The molecule has 2 fully saturated rings. The summed E-state index contributed by atoms with van der Waals surface area (Å²) in [6.45, 7) is 0. The number of aromatic hydroxyl groups is 1. The molecule has 0 amide bonds. The van der Waals surface area contributed by atoms with Gasteiger partial charge in [-0.3, -0.25) is 0 Å². The number of rotatable bonds is 6. The quantitative estimate of drug-likeness (QED) is 0.808. The van der Waals surface area contributed by atoms with Crippen molar-refractivity contribution in [3.63, 3.8) is 0 Å². The molecule has 3 nitrogen and oxygen atoms in total. The zero-order chi connectivity index (χ0) is 14.2. The third-order valence-corrected chi connectivity index (χ3v) is 5.60. The van der Waals surface area contributed by atoms with Crippen molar-refractivity contribution < 1.29 is 5.11 Å². The number of imidazole rings is 1. The Morgan fingerprint density at radius 1 is 1.24 bits per heavy atom. The van der Waals surface area contributed by atoms with Crippen LogP contribution in [-0.2, 0) is 6.42 Å². The molecule has 2 saturated carbocycles. The normalized spacial score (nSPS) is 27.1. The number of unbranched alkanes of at least 4 members (excludes halogenated alkanes) is 2. The lowest BCUT2D eigenvalue weighted by Gasteiger charge is -2.11. The molecular weight excluding hydrogens is 260 g/mol. The lowest BCUT2D eigenvalue weighted by Crippen LogP contribution is -1.99. The van der Waals surface area contributed by atoms with Gasteiger partial charge >= 0.3 is 0 Å². The Kier molecular flexibility index (Phi) is 3.36. The summed E-state index contributed by atoms with van der Waals surface area (Å²) in [6.07, 6.45) is 16.5. The Labute approximate surface area is 126 Å². The fourth-order valence-corrected chi connectivity index (χ4v) is 4.27. The fourth-order valence-electron chi connectivity index (χ4n) is 4.27. The van der Waals surface area contributed by atoms with Crippen molar-refractivity contribution in [2.24, 2.45) is 17.8 Å². The summed E-state index contributed by atoms with van der Waals surface area (Å²) in [5.41, 5.74) is 1.86. The molecule has 2 aliphatic rings. The van der Waals surface area contributed by atoms with Gasteiger partial charge in [0.1, 0.15) is 11.4 Å². The highest BCUT2D eigenvalue weighted by Gasteiger charge is 2.47. The zero-order valence-corrected chi connectivity index (χ0v) is 12.5. The molecule has 0 aromatic carbocycles. The number of hydrogen-bond acceptors (Lipinski definition) is 2. The summed E-state index contributed by atoms with van der Waals surface area (Å²) in [4.78, 5) is 4.19. The molecule has 0 aliphatic heterocycles. The summed E-state index contributed by atoms with van der Waals surface area (Å²) < 4.78 is 1.99. The number of pyridine rings is 1.